The molecule has 0 aromatic carbocycles. The first-order chi connectivity index (χ1) is 9.01. The summed E-state index contributed by atoms with van der Waals surface area (Å²) >= 11 is 4.15. The van der Waals surface area contributed by atoms with Crippen molar-refractivity contribution in [2.45, 2.75) is 25.6 Å². The van der Waals surface area contributed by atoms with Gasteiger partial charge >= 0.3 is 5.97 Å². The zero-order valence-electron chi connectivity index (χ0n) is 10.3. The molecule has 1 aromatic heterocycles. The van der Waals surface area contributed by atoms with Crippen LogP contribution in [0.3, 0.4) is 0 Å². The van der Waals surface area contributed by atoms with E-state index in [9.17, 15) is 19.8 Å². The van der Waals surface area contributed by atoms with Gasteiger partial charge in [0.2, 0.25) is 0 Å². The third-order valence-electron chi connectivity index (χ3n) is 2.37. The maximum atomic E-state index is 11.7. The van der Waals surface area contributed by atoms with Crippen LogP contribution in [-0.4, -0.2) is 40.0 Å². The maximum absolute atomic E-state index is 11.7. The number of hydrogen-bond donors (Lipinski definition) is 2. The topological polar surface area (TPSA) is 83.8 Å². The Labute approximate surface area is 123 Å². The normalized spacial score (nSPS) is 13.9. The van der Waals surface area contributed by atoms with Crippen LogP contribution in [0, 0.1) is 0 Å². The van der Waals surface area contributed by atoms with Crippen molar-refractivity contribution in [3.8, 4) is 0 Å². The van der Waals surface area contributed by atoms with Gasteiger partial charge in [0.25, 0.3) is 5.78 Å². The van der Waals surface area contributed by atoms with Gasteiger partial charge in [0.1, 0.15) is 6.10 Å². The number of aliphatic hydroxyl groups excluding tert-OH is 2. The van der Waals surface area contributed by atoms with Crippen molar-refractivity contribution in [2.75, 3.05) is 11.9 Å². The summed E-state index contributed by atoms with van der Waals surface area (Å²) in [6, 6.07) is 2.97. The van der Waals surface area contributed by atoms with Crippen LogP contribution in [-0.2, 0) is 9.53 Å². The minimum Gasteiger partial charge on any atom is -0.460 e. The number of ketones is 1. The van der Waals surface area contributed by atoms with E-state index in [2.05, 4.69) is 20.7 Å². The van der Waals surface area contributed by atoms with Crippen LogP contribution in [0.5, 0.6) is 0 Å². The number of carbonyl (C=O) groups excluding carboxylic acids is 2. The summed E-state index contributed by atoms with van der Waals surface area (Å²) in [7, 11) is 0. The predicted octanol–water partition coefficient (Wildman–Crippen LogP) is 1.67. The molecule has 0 aliphatic rings. The van der Waals surface area contributed by atoms with Gasteiger partial charge in [0.05, 0.1) is 17.6 Å². The number of rotatable bonds is 7. The zero-order chi connectivity index (χ0) is 14.4. The molecule has 0 saturated heterocycles. The quantitative estimate of drug-likeness (QED) is 0.338. The first kappa shape index (κ1) is 16.3. The lowest BCUT2D eigenvalue weighted by atomic mass is 10.1. The number of aliphatic hydroxyl groups is 2. The Bertz CT molecular complexity index is 445. The lowest BCUT2D eigenvalue weighted by Crippen LogP contribution is -2.18. The Balaban J connectivity index is 2.76. The van der Waals surface area contributed by atoms with Crippen LogP contribution >= 0.6 is 27.3 Å². The van der Waals surface area contributed by atoms with Gasteiger partial charge < -0.3 is 14.9 Å². The summed E-state index contributed by atoms with van der Waals surface area (Å²) in [6.45, 7) is 1.75. The fourth-order valence-electron chi connectivity index (χ4n) is 1.39. The van der Waals surface area contributed by atoms with E-state index in [1.54, 1.807) is 6.92 Å². The van der Waals surface area contributed by atoms with E-state index in [4.69, 9.17) is 0 Å². The van der Waals surface area contributed by atoms with Crippen molar-refractivity contribution in [3.05, 3.63) is 21.9 Å². The van der Waals surface area contributed by atoms with Gasteiger partial charge in [-0.15, -0.1) is 11.3 Å². The molecule has 0 saturated carbocycles. The van der Waals surface area contributed by atoms with Crippen LogP contribution in [0.25, 0.3) is 0 Å². The van der Waals surface area contributed by atoms with Gasteiger partial charge in [-0.2, -0.15) is 0 Å². The Morgan fingerprint density at radius 1 is 1.42 bits per heavy atom. The fourth-order valence-corrected chi connectivity index (χ4v) is 2.84. The second kappa shape index (κ2) is 7.74. The number of carbonyl (C=O) groups is 2. The third kappa shape index (κ3) is 4.38. The van der Waals surface area contributed by atoms with E-state index < -0.39 is 24.0 Å². The summed E-state index contributed by atoms with van der Waals surface area (Å²) in [4.78, 5) is 23.6. The van der Waals surface area contributed by atoms with Crippen molar-refractivity contribution < 1.29 is 24.5 Å². The standard InChI is InChI=1S/C12H15BrO5S/c1-2-18-12(17)11(16)9-4-3-8(19-9)10(15)7(14)5-6-13/h3-4,7,10,14-15H,2,5-6H2,1H3. The van der Waals surface area contributed by atoms with Gasteiger partial charge in [0.15, 0.2) is 0 Å². The highest BCUT2D eigenvalue weighted by atomic mass is 79.9. The SMILES string of the molecule is CCOC(=O)C(=O)c1ccc(C(O)C(O)CCBr)s1. The Kier molecular flexibility index (Phi) is 6.64. The van der Waals surface area contributed by atoms with Crippen molar-refractivity contribution in [1.29, 1.82) is 0 Å². The smallest absolute Gasteiger partial charge is 0.380 e. The average Bonchev–Trinajstić information content (AvgIpc) is 2.87. The summed E-state index contributed by atoms with van der Waals surface area (Å²) < 4.78 is 4.61. The minimum atomic E-state index is -1.06. The number of hydrogen-bond acceptors (Lipinski definition) is 6. The molecule has 0 amide bonds. The second-order valence-corrected chi connectivity index (χ2v) is 5.65. The highest BCUT2D eigenvalue weighted by Crippen LogP contribution is 2.27. The van der Waals surface area contributed by atoms with Gasteiger partial charge in [0, 0.05) is 10.2 Å². The lowest BCUT2D eigenvalue weighted by molar-refractivity contribution is -0.137. The molecule has 1 aromatic rings. The molecule has 2 unspecified atom stereocenters. The largest absolute Gasteiger partial charge is 0.460 e. The molecule has 7 heteroatoms. The number of alkyl halides is 1. The minimum absolute atomic E-state index is 0.134. The van der Waals surface area contributed by atoms with Crippen molar-refractivity contribution in [1.82, 2.24) is 0 Å². The predicted molar refractivity (Wildman–Crippen MR) is 74.7 cm³/mol. The molecule has 0 spiro atoms. The van der Waals surface area contributed by atoms with Crippen molar-refractivity contribution >= 4 is 39.0 Å². The molecular formula is C12H15BrO5S. The van der Waals surface area contributed by atoms with E-state index in [1.165, 1.54) is 12.1 Å². The number of ether oxygens (including phenoxy) is 1. The number of Topliss-reactive ketones (excluding diaryl/α,β-unsaturated/α-hetero) is 1. The summed E-state index contributed by atoms with van der Waals surface area (Å²) in [5, 5.41) is 20.1. The van der Waals surface area contributed by atoms with Gasteiger partial charge in [-0.05, 0) is 25.5 Å². The zero-order valence-corrected chi connectivity index (χ0v) is 12.7. The summed E-state index contributed by atoms with van der Waals surface area (Å²) in [6.07, 6.45) is -1.59. The molecule has 5 nitrogen and oxygen atoms in total. The molecule has 0 fully saturated rings. The van der Waals surface area contributed by atoms with Crippen LogP contribution in [0.4, 0.5) is 0 Å². The summed E-state index contributed by atoms with van der Waals surface area (Å²) in [5.74, 6) is -1.65. The molecular weight excluding hydrogens is 336 g/mol. The Morgan fingerprint density at radius 2 is 2.11 bits per heavy atom. The van der Waals surface area contributed by atoms with Gasteiger partial charge in [-0.3, -0.25) is 4.79 Å². The summed E-state index contributed by atoms with van der Waals surface area (Å²) in [5.41, 5.74) is 0. The van der Waals surface area contributed by atoms with Crippen LogP contribution in [0.1, 0.15) is 34.0 Å². The first-order valence-electron chi connectivity index (χ1n) is 5.74. The molecule has 0 bridgehead atoms. The molecule has 1 heterocycles. The highest BCUT2D eigenvalue weighted by Gasteiger charge is 2.24. The average molecular weight is 351 g/mol. The van der Waals surface area contributed by atoms with Crippen LogP contribution < -0.4 is 0 Å². The van der Waals surface area contributed by atoms with E-state index in [0.29, 0.717) is 16.6 Å². The van der Waals surface area contributed by atoms with Crippen molar-refractivity contribution in [2.24, 2.45) is 0 Å². The second-order valence-electron chi connectivity index (χ2n) is 3.74. The highest BCUT2D eigenvalue weighted by molar-refractivity contribution is 9.09. The Morgan fingerprint density at radius 3 is 2.68 bits per heavy atom. The fraction of sp³-hybridized carbons (Fsp3) is 0.500. The molecule has 106 valence electrons. The van der Waals surface area contributed by atoms with Crippen molar-refractivity contribution in [3.63, 3.8) is 0 Å². The van der Waals surface area contributed by atoms with E-state index in [0.717, 1.165) is 11.3 Å². The van der Waals surface area contributed by atoms with Gasteiger partial charge in [-0.1, -0.05) is 15.9 Å². The molecule has 19 heavy (non-hydrogen) atoms. The Hall–Kier alpha value is -0.760. The number of esters is 1. The van der Waals surface area contributed by atoms with E-state index in [-0.39, 0.29) is 11.5 Å². The van der Waals surface area contributed by atoms with E-state index in [1.807, 2.05) is 0 Å². The number of halogens is 1. The molecule has 1 rings (SSSR count). The van der Waals surface area contributed by atoms with Crippen LogP contribution in [0.15, 0.2) is 12.1 Å². The molecule has 2 atom stereocenters. The first-order valence-corrected chi connectivity index (χ1v) is 7.68. The molecule has 0 radical (unpaired) electrons. The molecule has 2 N–H and O–H groups in total. The van der Waals surface area contributed by atoms with E-state index >= 15 is 0 Å². The maximum Gasteiger partial charge on any atom is 0.380 e. The van der Waals surface area contributed by atoms with Gasteiger partial charge in [-0.25, -0.2) is 4.79 Å². The third-order valence-corrected chi connectivity index (χ3v) is 3.98. The lowest BCUT2D eigenvalue weighted by Gasteiger charge is -2.14. The van der Waals surface area contributed by atoms with Crippen LogP contribution in [0.2, 0.25) is 0 Å². The molecule has 0 aliphatic heterocycles. The number of thiophene rings is 1. The monoisotopic (exact) mass is 350 g/mol. The molecule has 0 aliphatic carbocycles.